The van der Waals surface area contributed by atoms with Gasteiger partial charge in [0.2, 0.25) is 9.84 Å². The van der Waals surface area contributed by atoms with E-state index in [0.717, 1.165) is 0 Å². The van der Waals surface area contributed by atoms with Crippen LogP contribution in [0.4, 0.5) is 0 Å². The molecule has 0 spiro atoms. The van der Waals surface area contributed by atoms with Crippen molar-refractivity contribution in [1.82, 2.24) is 0 Å². The van der Waals surface area contributed by atoms with Crippen LogP contribution in [0.2, 0.25) is 5.02 Å². The summed E-state index contributed by atoms with van der Waals surface area (Å²) in [5.41, 5.74) is 0. The zero-order chi connectivity index (χ0) is 14.8. The summed E-state index contributed by atoms with van der Waals surface area (Å²) in [6.45, 7) is 0. The van der Waals surface area contributed by atoms with Gasteiger partial charge in [0.25, 0.3) is 0 Å². The van der Waals surface area contributed by atoms with E-state index in [1.54, 1.807) is 18.2 Å². The molecule has 0 fully saturated rings. The van der Waals surface area contributed by atoms with Gasteiger partial charge in [-0.2, -0.15) is 0 Å². The second-order valence-corrected chi connectivity index (χ2v) is 6.40. The van der Waals surface area contributed by atoms with Crippen LogP contribution < -0.4 is 9.47 Å². The summed E-state index contributed by atoms with van der Waals surface area (Å²) in [5.74, 6) is 0.860. The predicted octanol–water partition coefficient (Wildman–Crippen LogP) is 3.19. The second-order valence-electron chi connectivity index (χ2n) is 4.01. The lowest BCUT2D eigenvalue weighted by Crippen LogP contribution is -2.03. The number of hydrogen-bond donors (Lipinski definition) is 0. The largest absolute Gasteiger partial charge is 0.497 e. The number of ether oxygens (including phenoxy) is 2. The topological polar surface area (TPSA) is 52.6 Å². The molecule has 2 aromatic rings. The number of hydrogen-bond acceptors (Lipinski definition) is 4. The molecule has 0 amide bonds. The highest BCUT2D eigenvalue weighted by Gasteiger charge is 2.19. The van der Waals surface area contributed by atoms with Crippen LogP contribution in [-0.4, -0.2) is 22.6 Å². The third-order valence-electron chi connectivity index (χ3n) is 2.74. The number of methoxy groups -OCH3 is 2. The molecule has 4 nitrogen and oxygen atoms in total. The van der Waals surface area contributed by atoms with E-state index in [4.69, 9.17) is 21.1 Å². The second kappa shape index (κ2) is 5.73. The minimum atomic E-state index is -3.67. The third kappa shape index (κ3) is 2.89. The molecule has 0 atom stereocenters. The Kier molecular flexibility index (Phi) is 4.20. The first-order chi connectivity index (χ1) is 9.47. The first-order valence-corrected chi connectivity index (χ1v) is 7.57. The van der Waals surface area contributed by atoms with Crippen LogP contribution in [0, 0.1) is 0 Å². The molecule has 0 aromatic heterocycles. The van der Waals surface area contributed by atoms with Crippen LogP contribution in [0.15, 0.2) is 52.3 Å². The van der Waals surface area contributed by atoms with Gasteiger partial charge in [0, 0.05) is 5.02 Å². The van der Waals surface area contributed by atoms with Crippen molar-refractivity contribution < 1.29 is 17.9 Å². The van der Waals surface area contributed by atoms with Crippen molar-refractivity contribution in [2.24, 2.45) is 0 Å². The fourth-order valence-corrected chi connectivity index (χ4v) is 3.36. The summed E-state index contributed by atoms with van der Waals surface area (Å²) in [6, 6.07) is 10.6. The minimum Gasteiger partial charge on any atom is -0.497 e. The van der Waals surface area contributed by atoms with E-state index in [2.05, 4.69) is 0 Å². The summed E-state index contributed by atoms with van der Waals surface area (Å²) in [7, 11) is -0.739. The molecule has 0 heterocycles. The normalized spacial score (nSPS) is 11.2. The van der Waals surface area contributed by atoms with Gasteiger partial charge in [-0.3, -0.25) is 0 Å². The highest BCUT2D eigenvalue weighted by molar-refractivity contribution is 7.91. The van der Waals surface area contributed by atoms with Crippen molar-refractivity contribution in [1.29, 1.82) is 0 Å². The molecule has 0 bridgehead atoms. The van der Waals surface area contributed by atoms with E-state index in [1.807, 2.05) is 0 Å². The van der Waals surface area contributed by atoms with Crippen molar-refractivity contribution >= 4 is 21.4 Å². The highest BCUT2D eigenvalue weighted by atomic mass is 35.5. The van der Waals surface area contributed by atoms with Crippen LogP contribution in [0.5, 0.6) is 11.5 Å². The van der Waals surface area contributed by atoms with Gasteiger partial charge in [-0.1, -0.05) is 17.7 Å². The monoisotopic (exact) mass is 312 g/mol. The fourth-order valence-electron chi connectivity index (χ4n) is 1.71. The van der Waals surface area contributed by atoms with Crippen LogP contribution in [0.1, 0.15) is 0 Å². The quantitative estimate of drug-likeness (QED) is 0.870. The summed E-state index contributed by atoms with van der Waals surface area (Å²) in [4.78, 5) is 0.219. The Bertz CT molecular complexity index is 726. The van der Waals surface area contributed by atoms with Crippen LogP contribution in [-0.2, 0) is 9.84 Å². The molecule has 0 saturated heterocycles. The van der Waals surface area contributed by atoms with Crippen LogP contribution >= 0.6 is 11.6 Å². The smallest absolute Gasteiger partial charge is 0.206 e. The molecule has 0 saturated carbocycles. The number of rotatable bonds is 4. The summed E-state index contributed by atoms with van der Waals surface area (Å²) in [6.07, 6.45) is 0. The van der Waals surface area contributed by atoms with Crippen LogP contribution in [0.3, 0.4) is 0 Å². The molecule has 2 rings (SSSR count). The summed E-state index contributed by atoms with van der Waals surface area (Å²) >= 11 is 5.91. The van der Waals surface area contributed by atoms with Crippen LogP contribution in [0.25, 0.3) is 0 Å². The molecule has 0 N–H and O–H groups in total. The molecule has 6 heteroatoms. The Balaban J connectivity index is 2.57. The van der Waals surface area contributed by atoms with E-state index in [1.165, 1.54) is 38.5 Å². The Labute approximate surface area is 122 Å². The SMILES string of the molecule is COc1cccc(S(=O)(=O)c2cc(Cl)cc(OC)c2)c1. The zero-order valence-corrected chi connectivity index (χ0v) is 12.5. The Hall–Kier alpha value is -1.72. The van der Waals surface area contributed by atoms with E-state index < -0.39 is 9.84 Å². The summed E-state index contributed by atoms with van der Waals surface area (Å²) < 4.78 is 35.2. The molecule has 106 valence electrons. The molecular weight excluding hydrogens is 300 g/mol. The maximum atomic E-state index is 12.6. The van der Waals surface area contributed by atoms with Crippen molar-refractivity contribution in [3.8, 4) is 11.5 Å². The standard InChI is InChI=1S/C14H13ClO4S/c1-18-11-4-3-5-13(8-11)20(16,17)14-7-10(15)6-12(9-14)19-2/h3-9H,1-2H3. The van der Waals surface area contributed by atoms with Gasteiger partial charge in [-0.25, -0.2) is 8.42 Å². The zero-order valence-electron chi connectivity index (χ0n) is 11.0. The average Bonchev–Trinajstić information content (AvgIpc) is 2.46. The molecule has 0 unspecified atom stereocenters. The lowest BCUT2D eigenvalue weighted by molar-refractivity contribution is 0.413. The van der Waals surface area contributed by atoms with E-state index >= 15 is 0 Å². The van der Waals surface area contributed by atoms with Gasteiger partial charge in [-0.15, -0.1) is 0 Å². The van der Waals surface area contributed by atoms with Gasteiger partial charge in [0.15, 0.2) is 0 Å². The first-order valence-electron chi connectivity index (χ1n) is 5.71. The van der Waals surface area contributed by atoms with Gasteiger partial charge >= 0.3 is 0 Å². The minimum absolute atomic E-state index is 0.0788. The Morgan fingerprint density at radius 1 is 0.900 bits per heavy atom. The van der Waals surface area contributed by atoms with E-state index in [0.29, 0.717) is 16.5 Å². The van der Waals surface area contributed by atoms with Gasteiger partial charge in [0.05, 0.1) is 24.0 Å². The van der Waals surface area contributed by atoms with Gasteiger partial charge < -0.3 is 9.47 Å². The van der Waals surface area contributed by atoms with Crippen molar-refractivity contribution in [2.45, 2.75) is 9.79 Å². The Morgan fingerprint density at radius 2 is 1.55 bits per heavy atom. The van der Waals surface area contributed by atoms with Crippen molar-refractivity contribution in [3.05, 3.63) is 47.5 Å². The fraction of sp³-hybridized carbons (Fsp3) is 0.143. The predicted molar refractivity (Wildman–Crippen MR) is 76.4 cm³/mol. The average molecular weight is 313 g/mol. The third-order valence-corrected chi connectivity index (χ3v) is 4.69. The molecule has 0 radical (unpaired) electrons. The first kappa shape index (κ1) is 14.7. The van der Waals surface area contributed by atoms with Crippen molar-refractivity contribution in [2.75, 3.05) is 14.2 Å². The molecule has 0 aliphatic carbocycles. The lowest BCUT2D eigenvalue weighted by atomic mass is 10.3. The van der Waals surface area contributed by atoms with Gasteiger partial charge in [-0.05, 0) is 36.4 Å². The molecule has 0 aliphatic heterocycles. The van der Waals surface area contributed by atoms with Crippen molar-refractivity contribution in [3.63, 3.8) is 0 Å². The van der Waals surface area contributed by atoms with Gasteiger partial charge in [0.1, 0.15) is 11.5 Å². The van der Waals surface area contributed by atoms with E-state index in [9.17, 15) is 8.42 Å². The number of benzene rings is 2. The van der Waals surface area contributed by atoms with E-state index in [-0.39, 0.29) is 9.79 Å². The lowest BCUT2D eigenvalue weighted by Gasteiger charge is -2.08. The molecular formula is C14H13ClO4S. The number of sulfone groups is 1. The molecule has 2 aromatic carbocycles. The molecule has 0 aliphatic rings. The highest BCUT2D eigenvalue weighted by Crippen LogP contribution is 2.29. The molecule has 20 heavy (non-hydrogen) atoms. The number of halogens is 1. The maximum Gasteiger partial charge on any atom is 0.206 e. The maximum absolute atomic E-state index is 12.6. The summed E-state index contributed by atoms with van der Waals surface area (Å²) in [5, 5.41) is 0.297. The Morgan fingerprint density at radius 3 is 2.20 bits per heavy atom.